The third-order valence-electron chi connectivity index (χ3n) is 2.04. The van der Waals surface area contributed by atoms with Gasteiger partial charge in [-0.1, -0.05) is 24.8 Å². The molecule has 0 spiro atoms. The van der Waals surface area contributed by atoms with E-state index in [1.54, 1.807) is 6.92 Å². The van der Waals surface area contributed by atoms with Crippen LogP contribution in [0.15, 0.2) is 36.9 Å². The Morgan fingerprint density at radius 2 is 1.93 bits per heavy atom. The van der Waals surface area contributed by atoms with Crippen molar-refractivity contribution in [3.8, 4) is 5.69 Å². The highest BCUT2D eigenvalue weighted by Crippen LogP contribution is 2.12. The van der Waals surface area contributed by atoms with Crippen molar-refractivity contribution in [2.45, 2.75) is 6.92 Å². The molecule has 4 nitrogen and oxygen atoms in total. The second-order valence-corrected chi connectivity index (χ2v) is 3.21. The summed E-state index contributed by atoms with van der Waals surface area (Å²) in [6.45, 7) is 5.21. The Kier molecular flexibility index (Phi) is 2.25. The van der Waals surface area contributed by atoms with E-state index in [9.17, 15) is 5.11 Å². The third-order valence-corrected chi connectivity index (χ3v) is 2.04. The third kappa shape index (κ3) is 1.74. The van der Waals surface area contributed by atoms with Crippen molar-refractivity contribution in [3.63, 3.8) is 0 Å². The number of rotatable bonds is 2. The summed E-state index contributed by atoms with van der Waals surface area (Å²) in [7, 11) is 0. The lowest BCUT2D eigenvalue weighted by Crippen LogP contribution is -1.98. The molecular weight excluding hydrogens is 190 g/mol. The maximum atomic E-state index is 9.25. The zero-order valence-electron chi connectivity index (χ0n) is 8.38. The highest BCUT2D eigenvalue weighted by atomic mass is 16.3. The fourth-order valence-corrected chi connectivity index (χ4v) is 1.32. The van der Waals surface area contributed by atoms with E-state index >= 15 is 0 Å². The van der Waals surface area contributed by atoms with Gasteiger partial charge >= 0.3 is 0 Å². The van der Waals surface area contributed by atoms with Gasteiger partial charge in [-0.05, 0) is 19.1 Å². The predicted octanol–water partition coefficient (Wildman–Crippen LogP) is 2.10. The number of para-hydroxylation sites is 1. The highest BCUT2D eigenvalue weighted by Gasteiger charge is 2.09. The lowest BCUT2D eigenvalue weighted by molar-refractivity contribution is 0.509. The Labute approximate surface area is 87.5 Å². The molecule has 0 aliphatic rings. The number of hydrogen-bond acceptors (Lipinski definition) is 3. The summed E-state index contributed by atoms with van der Waals surface area (Å²) in [5, 5.41) is 17.6. The summed E-state index contributed by atoms with van der Waals surface area (Å²) in [6.07, 6.45) is 0. The standard InChI is InChI=1S/C11H11N3O/c1-8-11(9(2)15)13-14(12-8)10-6-4-3-5-7-10/h3-7,15H,2H2,1H3. The van der Waals surface area contributed by atoms with E-state index in [4.69, 9.17) is 0 Å². The Morgan fingerprint density at radius 3 is 2.47 bits per heavy atom. The lowest BCUT2D eigenvalue weighted by atomic mass is 10.3. The van der Waals surface area contributed by atoms with Crippen LogP contribution in [-0.4, -0.2) is 20.1 Å². The van der Waals surface area contributed by atoms with Gasteiger partial charge < -0.3 is 5.11 Å². The molecule has 1 N–H and O–H groups in total. The molecule has 1 aromatic heterocycles. The van der Waals surface area contributed by atoms with Gasteiger partial charge in [0.05, 0.1) is 11.4 Å². The van der Waals surface area contributed by atoms with Gasteiger partial charge in [-0.2, -0.15) is 9.90 Å². The molecule has 0 bridgehead atoms. The maximum Gasteiger partial charge on any atom is 0.150 e. The van der Waals surface area contributed by atoms with Gasteiger partial charge in [0.1, 0.15) is 11.5 Å². The van der Waals surface area contributed by atoms with Crippen LogP contribution in [0.3, 0.4) is 0 Å². The first kappa shape index (κ1) is 9.45. The molecule has 2 rings (SSSR count). The van der Waals surface area contributed by atoms with Crippen molar-refractivity contribution in [3.05, 3.63) is 48.3 Å². The number of hydrogen-bond donors (Lipinski definition) is 1. The SMILES string of the molecule is C=C(O)c1nn(-c2ccccc2)nc1C. The van der Waals surface area contributed by atoms with E-state index in [1.807, 2.05) is 30.3 Å². The molecule has 1 heterocycles. The van der Waals surface area contributed by atoms with Crippen LogP contribution in [-0.2, 0) is 0 Å². The minimum absolute atomic E-state index is 0.0605. The molecule has 0 fully saturated rings. The summed E-state index contributed by atoms with van der Waals surface area (Å²) in [5.41, 5.74) is 1.94. The zero-order valence-corrected chi connectivity index (χ0v) is 8.38. The van der Waals surface area contributed by atoms with Crippen molar-refractivity contribution in [2.75, 3.05) is 0 Å². The number of aryl methyl sites for hydroxylation is 1. The predicted molar refractivity (Wildman–Crippen MR) is 57.8 cm³/mol. The number of aliphatic hydroxyl groups excluding tert-OH is 1. The first-order chi connectivity index (χ1) is 7.18. The molecule has 0 radical (unpaired) electrons. The largest absolute Gasteiger partial charge is 0.506 e. The summed E-state index contributed by atoms with van der Waals surface area (Å²) >= 11 is 0. The molecule has 15 heavy (non-hydrogen) atoms. The van der Waals surface area contributed by atoms with E-state index in [0.29, 0.717) is 11.4 Å². The van der Waals surface area contributed by atoms with Gasteiger partial charge in [0.25, 0.3) is 0 Å². The van der Waals surface area contributed by atoms with E-state index in [2.05, 4.69) is 16.8 Å². The molecule has 76 valence electrons. The van der Waals surface area contributed by atoms with Crippen molar-refractivity contribution in [2.24, 2.45) is 0 Å². The normalized spacial score (nSPS) is 10.2. The fourth-order valence-electron chi connectivity index (χ4n) is 1.32. The molecule has 0 amide bonds. The van der Waals surface area contributed by atoms with Gasteiger partial charge in [0.15, 0.2) is 0 Å². The summed E-state index contributed by atoms with van der Waals surface area (Å²) in [4.78, 5) is 1.48. The first-order valence-electron chi connectivity index (χ1n) is 4.56. The van der Waals surface area contributed by atoms with Crippen molar-refractivity contribution in [1.29, 1.82) is 0 Å². The van der Waals surface area contributed by atoms with E-state index in [-0.39, 0.29) is 5.76 Å². The molecule has 1 aromatic carbocycles. The van der Waals surface area contributed by atoms with E-state index in [0.717, 1.165) is 5.69 Å². The van der Waals surface area contributed by atoms with Crippen LogP contribution >= 0.6 is 0 Å². The molecule has 0 saturated carbocycles. The average molecular weight is 201 g/mol. The van der Waals surface area contributed by atoms with Crippen molar-refractivity contribution >= 4 is 5.76 Å². The van der Waals surface area contributed by atoms with Gasteiger partial charge in [-0.3, -0.25) is 0 Å². The minimum atomic E-state index is -0.0605. The second kappa shape index (κ2) is 3.57. The Morgan fingerprint density at radius 1 is 1.27 bits per heavy atom. The minimum Gasteiger partial charge on any atom is -0.506 e. The van der Waals surface area contributed by atoms with Crippen LogP contribution in [0.5, 0.6) is 0 Å². The molecule has 0 aliphatic carbocycles. The van der Waals surface area contributed by atoms with Gasteiger partial charge in [0, 0.05) is 0 Å². The Balaban J connectivity index is 2.48. The molecule has 0 aliphatic heterocycles. The van der Waals surface area contributed by atoms with Crippen LogP contribution in [0.25, 0.3) is 11.4 Å². The van der Waals surface area contributed by atoms with Crippen LogP contribution in [0.2, 0.25) is 0 Å². The van der Waals surface area contributed by atoms with Gasteiger partial charge in [-0.15, -0.1) is 5.10 Å². The fraction of sp³-hybridized carbons (Fsp3) is 0.0909. The summed E-state index contributed by atoms with van der Waals surface area (Å²) in [5.74, 6) is -0.0605. The Bertz CT molecular complexity index is 488. The average Bonchev–Trinajstić information content (AvgIpc) is 2.62. The van der Waals surface area contributed by atoms with Crippen LogP contribution < -0.4 is 0 Å². The first-order valence-corrected chi connectivity index (χ1v) is 4.56. The van der Waals surface area contributed by atoms with Crippen LogP contribution in [0.1, 0.15) is 11.4 Å². The van der Waals surface area contributed by atoms with Crippen molar-refractivity contribution in [1.82, 2.24) is 15.0 Å². The lowest BCUT2D eigenvalue weighted by Gasteiger charge is -1.96. The van der Waals surface area contributed by atoms with Crippen LogP contribution in [0.4, 0.5) is 0 Å². The van der Waals surface area contributed by atoms with Crippen LogP contribution in [0, 0.1) is 6.92 Å². The molecule has 0 atom stereocenters. The molecule has 0 unspecified atom stereocenters. The van der Waals surface area contributed by atoms with Gasteiger partial charge in [-0.25, -0.2) is 0 Å². The topological polar surface area (TPSA) is 50.9 Å². The maximum absolute atomic E-state index is 9.25. The number of aliphatic hydroxyl groups is 1. The summed E-state index contributed by atoms with van der Waals surface area (Å²) in [6, 6.07) is 9.52. The Hall–Kier alpha value is -2.10. The van der Waals surface area contributed by atoms with E-state index in [1.165, 1.54) is 4.80 Å². The summed E-state index contributed by atoms with van der Waals surface area (Å²) < 4.78 is 0. The molecule has 2 aromatic rings. The number of aromatic nitrogens is 3. The molecular formula is C11H11N3O. The molecule has 0 saturated heterocycles. The monoisotopic (exact) mass is 201 g/mol. The number of benzene rings is 1. The smallest absolute Gasteiger partial charge is 0.150 e. The highest BCUT2D eigenvalue weighted by molar-refractivity contribution is 5.53. The second-order valence-electron chi connectivity index (χ2n) is 3.21. The van der Waals surface area contributed by atoms with Crippen molar-refractivity contribution < 1.29 is 5.11 Å². The zero-order chi connectivity index (χ0) is 10.8. The van der Waals surface area contributed by atoms with E-state index < -0.39 is 0 Å². The molecule has 4 heteroatoms. The number of nitrogens with zero attached hydrogens (tertiary/aromatic N) is 3. The van der Waals surface area contributed by atoms with Gasteiger partial charge in [0.2, 0.25) is 0 Å². The quantitative estimate of drug-likeness (QED) is 0.757.